The van der Waals surface area contributed by atoms with Gasteiger partial charge in [0, 0.05) is 10.0 Å². The molecule has 0 unspecified atom stereocenters. The quantitative estimate of drug-likeness (QED) is 0.731. The molecule has 0 atom stereocenters. The van der Waals surface area contributed by atoms with Gasteiger partial charge in [-0.25, -0.2) is 14.4 Å². The van der Waals surface area contributed by atoms with Crippen LogP contribution in [-0.2, 0) is 15.0 Å². The third-order valence-electron chi connectivity index (χ3n) is 5.26. The molecule has 28 heavy (non-hydrogen) atoms. The lowest BCUT2D eigenvalue weighted by Crippen LogP contribution is -2.55. The molecule has 2 heterocycles. The minimum Gasteiger partial charge on any atom is -0.293 e. The van der Waals surface area contributed by atoms with Crippen LogP contribution in [0.4, 0.5) is 10.3 Å². The molecule has 3 amide bonds. The summed E-state index contributed by atoms with van der Waals surface area (Å²) in [4.78, 5) is 46.9. The summed E-state index contributed by atoms with van der Waals surface area (Å²) in [5.74, 6) is -2.20. The first-order valence-electron chi connectivity index (χ1n) is 8.84. The highest BCUT2D eigenvalue weighted by Gasteiger charge is 2.52. The Bertz CT molecular complexity index is 974. The Labute approximate surface area is 168 Å². The smallest absolute Gasteiger partial charge is 0.261 e. The van der Waals surface area contributed by atoms with Gasteiger partial charge >= 0.3 is 0 Å². The van der Waals surface area contributed by atoms with Crippen LogP contribution in [0.25, 0.3) is 0 Å². The van der Waals surface area contributed by atoms with Crippen molar-refractivity contribution >= 4 is 39.6 Å². The number of halogens is 2. The molecule has 2 aliphatic rings. The van der Waals surface area contributed by atoms with E-state index in [9.17, 15) is 18.8 Å². The van der Waals surface area contributed by atoms with Gasteiger partial charge in [-0.15, -0.1) is 0 Å². The van der Waals surface area contributed by atoms with Crippen molar-refractivity contribution in [3.05, 3.63) is 52.0 Å². The molecule has 1 aliphatic carbocycles. The molecule has 4 rings (SSSR count). The van der Waals surface area contributed by atoms with Gasteiger partial charge in [-0.1, -0.05) is 28.8 Å². The van der Waals surface area contributed by atoms with Gasteiger partial charge in [-0.3, -0.25) is 24.6 Å². The number of aromatic nitrogens is 2. The molecule has 1 aliphatic heterocycles. The topological polar surface area (TPSA) is 92.3 Å². The number of rotatable bonds is 3. The van der Waals surface area contributed by atoms with Crippen LogP contribution in [-0.4, -0.2) is 39.1 Å². The second-order valence-corrected chi connectivity index (χ2v) is 7.86. The zero-order valence-corrected chi connectivity index (χ0v) is 16.3. The third-order valence-corrected chi connectivity index (χ3v) is 5.75. The lowest BCUT2D eigenvalue weighted by atomic mass is 9.72. The van der Waals surface area contributed by atoms with E-state index in [1.807, 2.05) is 6.07 Å². The summed E-state index contributed by atoms with van der Waals surface area (Å²) in [5, 5.41) is 2.39. The lowest BCUT2D eigenvalue weighted by Gasteiger charge is -2.39. The maximum absolute atomic E-state index is 13.3. The summed E-state index contributed by atoms with van der Waals surface area (Å²) in [6.07, 6.45) is 4.89. The van der Waals surface area contributed by atoms with E-state index in [0.29, 0.717) is 18.4 Å². The highest BCUT2D eigenvalue weighted by Crippen LogP contribution is 2.47. The average Bonchev–Trinajstić information content (AvgIpc) is 3.17. The first-order chi connectivity index (χ1) is 13.4. The maximum Gasteiger partial charge on any atom is 0.261 e. The van der Waals surface area contributed by atoms with E-state index in [4.69, 9.17) is 0 Å². The van der Waals surface area contributed by atoms with Crippen LogP contribution in [0.5, 0.6) is 0 Å². The van der Waals surface area contributed by atoms with Gasteiger partial charge in [0.25, 0.3) is 5.91 Å². The fraction of sp³-hybridized carbons (Fsp3) is 0.316. The molecule has 9 heteroatoms. The van der Waals surface area contributed by atoms with Gasteiger partial charge in [0.15, 0.2) is 5.82 Å². The van der Waals surface area contributed by atoms with Crippen LogP contribution < -0.4 is 5.32 Å². The number of anilines is 1. The summed E-state index contributed by atoms with van der Waals surface area (Å²) in [5.41, 5.74) is 0.392. The zero-order valence-electron chi connectivity index (χ0n) is 14.7. The average molecular weight is 447 g/mol. The van der Waals surface area contributed by atoms with Crippen molar-refractivity contribution in [1.82, 2.24) is 14.9 Å². The molecule has 2 aromatic rings. The van der Waals surface area contributed by atoms with Gasteiger partial charge in [0.05, 0.1) is 17.8 Å². The van der Waals surface area contributed by atoms with Crippen LogP contribution >= 0.6 is 15.9 Å². The Morgan fingerprint density at radius 2 is 1.89 bits per heavy atom. The Morgan fingerprint density at radius 3 is 2.57 bits per heavy atom. The lowest BCUT2D eigenvalue weighted by molar-refractivity contribution is -0.137. The summed E-state index contributed by atoms with van der Waals surface area (Å²) in [6.45, 7) is -0.449. The van der Waals surface area contributed by atoms with E-state index in [0.717, 1.165) is 40.2 Å². The Balaban J connectivity index is 1.63. The van der Waals surface area contributed by atoms with Gasteiger partial charge < -0.3 is 0 Å². The maximum atomic E-state index is 13.3. The number of nitrogens with zero attached hydrogens (tertiary/aromatic N) is 3. The van der Waals surface area contributed by atoms with E-state index in [1.165, 1.54) is 0 Å². The van der Waals surface area contributed by atoms with Gasteiger partial charge in [0.1, 0.15) is 6.54 Å². The van der Waals surface area contributed by atoms with Crippen LogP contribution in [0.1, 0.15) is 41.6 Å². The molecule has 1 saturated carbocycles. The largest absolute Gasteiger partial charge is 0.293 e. The van der Waals surface area contributed by atoms with Crippen molar-refractivity contribution in [3.63, 3.8) is 0 Å². The number of fused-ring (bicyclic) bond motifs is 2. The van der Waals surface area contributed by atoms with Crippen LogP contribution in [0.3, 0.4) is 0 Å². The molecule has 1 N–H and O–H groups in total. The number of benzene rings is 1. The Morgan fingerprint density at radius 1 is 1.21 bits per heavy atom. The van der Waals surface area contributed by atoms with Crippen molar-refractivity contribution in [1.29, 1.82) is 0 Å². The zero-order chi connectivity index (χ0) is 19.9. The van der Waals surface area contributed by atoms with Crippen molar-refractivity contribution in [2.75, 3.05) is 11.9 Å². The summed E-state index contributed by atoms with van der Waals surface area (Å²) in [6, 6.07) is 5.27. The van der Waals surface area contributed by atoms with E-state index in [1.54, 1.807) is 12.1 Å². The Hall–Kier alpha value is -2.68. The fourth-order valence-electron chi connectivity index (χ4n) is 4.00. The van der Waals surface area contributed by atoms with Gasteiger partial charge in [-0.05, 0) is 36.6 Å². The Kier molecular flexibility index (Phi) is 4.70. The first kappa shape index (κ1) is 18.7. The number of carbonyl (C=O) groups is 3. The highest BCUT2D eigenvalue weighted by atomic mass is 79.9. The molecule has 0 bridgehead atoms. The first-order valence-corrected chi connectivity index (χ1v) is 9.64. The van der Waals surface area contributed by atoms with Crippen molar-refractivity contribution in [3.8, 4) is 0 Å². The normalized spacial score (nSPS) is 17.7. The van der Waals surface area contributed by atoms with Crippen molar-refractivity contribution in [2.45, 2.75) is 31.1 Å². The number of amides is 3. The third kappa shape index (κ3) is 3.09. The number of imide groups is 1. The molecular weight excluding hydrogens is 431 g/mol. The molecule has 0 radical (unpaired) electrons. The van der Waals surface area contributed by atoms with Crippen LogP contribution in [0.2, 0.25) is 0 Å². The van der Waals surface area contributed by atoms with Crippen LogP contribution in [0.15, 0.2) is 35.1 Å². The van der Waals surface area contributed by atoms with Crippen LogP contribution in [0, 0.1) is 5.82 Å². The number of nitrogens with one attached hydrogen (secondary N) is 1. The SMILES string of the molecule is O=C(CN1C(=O)c2ccc(Br)cc2C2(CCCC2)C1=O)Nc1ncc(F)cn1. The number of hydrogen-bond acceptors (Lipinski definition) is 5. The predicted molar refractivity (Wildman–Crippen MR) is 101 cm³/mol. The predicted octanol–water partition coefficient (Wildman–Crippen LogP) is 2.81. The summed E-state index contributed by atoms with van der Waals surface area (Å²) in [7, 11) is 0. The molecule has 1 fully saturated rings. The highest BCUT2D eigenvalue weighted by molar-refractivity contribution is 9.10. The number of hydrogen-bond donors (Lipinski definition) is 1. The molecule has 1 spiro atoms. The van der Waals surface area contributed by atoms with Crippen molar-refractivity contribution in [2.24, 2.45) is 0 Å². The van der Waals surface area contributed by atoms with E-state index in [-0.39, 0.29) is 11.9 Å². The monoisotopic (exact) mass is 446 g/mol. The molecule has 1 aromatic heterocycles. The van der Waals surface area contributed by atoms with Gasteiger partial charge in [0.2, 0.25) is 17.8 Å². The minimum atomic E-state index is -0.778. The molecule has 7 nitrogen and oxygen atoms in total. The number of carbonyl (C=O) groups excluding carboxylic acids is 3. The van der Waals surface area contributed by atoms with E-state index >= 15 is 0 Å². The standard InChI is InChI=1S/C19H16BrFN4O3/c20-11-3-4-13-14(7-11)19(5-1-2-6-19)17(28)25(16(13)27)10-15(26)24-18-22-8-12(21)9-23-18/h3-4,7-9H,1-2,5-6,10H2,(H,22,23,24,26). The molecule has 144 valence electrons. The molecule has 1 aromatic carbocycles. The molecular formula is C19H16BrFN4O3. The van der Waals surface area contributed by atoms with E-state index in [2.05, 4.69) is 31.2 Å². The summed E-state index contributed by atoms with van der Waals surface area (Å²) < 4.78 is 13.7. The van der Waals surface area contributed by atoms with Gasteiger partial charge in [-0.2, -0.15) is 0 Å². The minimum absolute atomic E-state index is 0.0942. The van der Waals surface area contributed by atoms with Crippen molar-refractivity contribution < 1.29 is 18.8 Å². The fourth-order valence-corrected chi connectivity index (χ4v) is 4.36. The second-order valence-electron chi connectivity index (χ2n) is 6.95. The second kappa shape index (κ2) is 7.05. The van der Waals surface area contributed by atoms with E-state index < -0.39 is 29.6 Å². The molecule has 0 saturated heterocycles. The summed E-state index contributed by atoms with van der Waals surface area (Å²) >= 11 is 3.42.